The van der Waals surface area contributed by atoms with Crippen LogP contribution in [0.4, 0.5) is 0 Å². The molecule has 1 saturated heterocycles. The van der Waals surface area contributed by atoms with E-state index in [1.54, 1.807) is 0 Å². The maximum absolute atomic E-state index is 11.6. The normalized spacial score (nSPS) is 50.0. The van der Waals surface area contributed by atoms with Gasteiger partial charge in [0.1, 0.15) is 6.10 Å². The van der Waals surface area contributed by atoms with E-state index < -0.39 is 5.54 Å². The Balaban J connectivity index is 2.14. The second kappa shape index (κ2) is 2.40. The van der Waals surface area contributed by atoms with E-state index in [1.165, 1.54) is 0 Å². The molecule has 1 saturated carbocycles. The highest BCUT2D eigenvalue weighted by Gasteiger charge is 2.60. The monoisotopic (exact) mass is 193 g/mol. The molecule has 4 atom stereocenters. The third kappa shape index (κ3) is 0.793. The van der Waals surface area contributed by atoms with Crippen LogP contribution in [0.15, 0.2) is 11.6 Å². The molecule has 1 unspecified atom stereocenters. The van der Waals surface area contributed by atoms with Crippen molar-refractivity contribution in [1.82, 2.24) is 0 Å². The number of carbonyl (C=O) groups excluding carboxylic acids is 1. The van der Waals surface area contributed by atoms with Crippen molar-refractivity contribution < 1.29 is 9.53 Å². The van der Waals surface area contributed by atoms with Gasteiger partial charge in [0, 0.05) is 0 Å². The van der Waals surface area contributed by atoms with Crippen LogP contribution in [0.3, 0.4) is 0 Å². The Labute approximate surface area is 83.3 Å². The Morgan fingerprint density at radius 2 is 2.36 bits per heavy atom. The molecule has 76 valence electrons. The molecule has 3 heteroatoms. The molecule has 3 aliphatic rings. The minimum absolute atomic E-state index is 0.0428. The molecule has 2 aliphatic carbocycles. The first-order valence-electron chi connectivity index (χ1n) is 5.34. The lowest BCUT2D eigenvalue weighted by atomic mass is 9.72. The molecule has 3 nitrogen and oxygen atoms in total. The van der Waals surface area contributed by atoms with Crippen LogP contribution in [0.25, 0.3) is 0 Å². The molecule has 0 aromatic heterocycles. The van der Waals surface area contributed by atoms with Crippen molar-refractivity contribution >= 4 is 5.97 Å². The van der Waals surface area contributed by atoms with Crippen LogP contribution >= 0.6 is 0 Å². The van der Waals surface area contributed by atoms with E-state index in [2.05, 4.69) is 6.92 Å². The fourth-order valence-corrected chi connectivity index (χ4v) is 3.34. The van der Waals surface area contributed by atoms with E-state index in [0.717, 1.165) is 24.8 Å². The highest BCUT2D eigenvalue weighted by atomic mass is 16.6. The van der Waals surface area contributed by atoms with Gasteiger partial charge in [0.05, 0.1) is 11.1 Å². The highest BCUT2D eigenvalue weighted by Crippen LogP contribution is 2.51. The fraction of sp³-hybridized carbons (Fsp3) is 0.727. The van der Waals surface area contributed by atoms with Crippen molar-refractivity contribution in [2.45, 2.75) is 37.8 Å². The number of hydrogen-bond acceptors (Lipinski definition) is 3. The number of allylic oxidation sites excluding steroid dienone is 1. The van der Waals surface area contributed by atoms with Crippen LogP contribution in [0.1, 0.15) is 26.2 Å². The molecule has 2 fully saturated rings. The van der Waals surface area contributed by atoms with Gasteiger partial charge in [-0.15, -0.1) is 0 Å². The van der Waals surface area contributed by atoms with Gasteiger partial charge in [-0.2, -0.15) is 0 Å². The van der Waals surface area contributed by atoms with Gasteiger partial charge in [0.25, 0.3) is 0 Å². The van der Waals surface area contributed by atoms with Crippen molar-refractivity contribution in [2.75, 3.05) is 0 Å². The number of esters is 1. The molecule has 3 rings (SSSR count). The van der Waals surface area contributed by atoms with E-state index in [0.29, 0.717) is 11.8 Å². The summed E-state index contributed by atoms with van der Waals surface area (Å²) >= 11 is 0. The third-order valence-corrected chi connectivity index (χ3v) is 4.03. The largest absolute Gasteiger partial charge is 0.457 e. The van der Waals surface area contributed by atoms with Gasteiger partial charge in [0.15, 0.2) is 0 Å². The van der Waals surface area contributed by atoms with Gasteiger partial charge in [-0.05, 0) is 31.1 Å². The molecule has 0 radical (unpaired) electrons. The standard InChI is InChI=1S/C11H15NO2/c1-6-4-7-2-3-9-11(7,12)8(5-6)10(13)14-9/h5-7,9H,2-4,12H2,1H3/t6-,7?,9+,11-/m0/s1. The summed E-state index contributed by atoms with van der Waals surface area (Å²) in [6, 6.07) is 0. The van der Waals surface area contributed by atoms with Gasteiger partial charge in [0.2, 0.25) is 0 Å². The topological polar surface area (TPSA) is 52.3 Å². The SMILES string of the molecule is C[C@@H]1C=C2C(=O)O[C@@H]3CCC(C1)[C@]23N. The Bertz CT molecular complexity index is 336. The molecular weight excluding hydrogens is 178 g/mol. The molecule has 2 N–H and O–H groups in total. The van der Waals surface area contributed by atoms with Crippen LogP contribution in [-0.2, 0) is 9.53 Å². The summed E-state index contributed by atoms with van der Waals surface area (Å²) in [5.74, 6) is 0.749. The molecule has 0 amide bonds. The Kier molecular flexibility index (Phi) is 1.45. The van der Waals surface area contributed by atoms with E-state index in [1.807, 2.05) is 6.08 Å². The van der Waals surface area contributed by atoms with E-state index in [4.69, 9.17) is 10.5 Å². The minimum Gasteiger partial charge on any atom is -0.457 e. The summed E-state index contributed by atoms with van der Waals surface area (Å²) in [4.78, 5) is 11.6. The van der Waals surface area contributed by atoms with Crippen LogP contribution in [0.5, 0.6) is 0 Å². The van der Waals surface area contributed by atoms with Gasteiger partial charge in [-0.25, -0.2) is 4.79 Å². The highest BCUT2D eigenvalue weighted by molar-refractivity contribution is 5.94. The Hall–Kier alpha value is -0.830. The summed E-state index contributed by atoms with van der Waals surface area (Å²) in [6.45, 7) is 2.14. The zero-order chi connectivity index (χ0) is 9.92. The molecule has 0 aromatic rings. The van der Waals surface area contributed by atoms with Gasteiger partial charge >= 0.3 is 5.97 Å². The predicted molar refractivity (Wildman–Crippen MR) is 51.4 cm³/mol. The zero-order valence-electron chi connectivity index (χ0n) is 8.32. The van der Waals surface area contributed by atoms with Crippen molar-refractivity contribution in [3.8, 4) is 0 Å². The van der Waals surface area contributed by atoms with Crippen LogP contribution in [0.2, 0.25) is 0 Å². The first-order chi connectivity index (χ1) is 6.62. The molecular formula is C11H15NO2. The predicted octanol–water partition coefficient (Wildman–Crippen LogP) is 0.986. The minimum atomic E-state index is -0.441. The number of nitrogens with two attached hydrogens (primary N) is 1. The summed E-state index contributed by atoms with van der Waals surface area (Å²) in [7, 11) is 0. The lowest BCUT2D eigenvalue weighted by Crippen LogP contribution is -2.52. The maximum atomic E-state index is 11.6. The Morgan fingerprint density at radius 3 is 3.14 bits per heavy atom. The van der Waals surface area contributed by atoms with Crippen LogP contribution in [-0.4, -0.2) is 17.6 Å². The molecule has 1 heterocycles. The first-order valence-corrected chi connectivity index (χ1v) is 5.34. The average Bonchev–Trinajstić information content (AvgIpc) is 2.55. The zero-order valence-corrected chi connectivity index (χ0v) is 8.32. The number of hydrogen-bond donors (Lipinski definition) is 1. The van der Waals surface area contributed by atoms with Crippen molar-refractivity contribution in [2.24, 2.45) is 17.6 Å². The number of rotatable bonds is 0. The molecule has 0 bridgehead atoms. The quantitative estimate of drug-likeness (QED) is 0.583. The fourth-order valence-electron chi connectivity index (χ4n) is 3.34. The second-order valence-electron chi connectivity index (χ2n) is 4.89. The third-order valence-electron chi connectivity index (χ3n) is 4.03. The first kappa shape index (κ1) is 8.48. The lowest BCUT2D eigenvalue weighted by Gasteiger charge is -2.35. The van der Waals surface area contributed by atoms with Crippen molar-refractivity contribution in [3.63, 3.8) is 0 Å². The molecule has 1 aliphatic heterocycles. The van der Waals surface area contributed by atoms with Crippen molar-refractivity contribution in [3.05, 3.63) is 11.6 Å². The van der Waals surface area contributed by atoms with Gasteiger partial charge in [-0.3, -0.25) is 0 Å². The molecule has 14 heavy (non-hydrogen) atoms. The lowest BCUT2D eigenvalue weighted by molar-refractivity contribution is -0.139. The van der Waals surface area contributed by atoms with Gasteiger partial charge in [-0.1, -0.05) is 13.0 Å². The average molecular weight is 193 g/mol. The van der Waals surface area contributed by atoms with Crippen molar-refractivity contribution in [1.29, 1.82) is 0 Å². The number of carbonyl (C=O) groups is 1. The second-order valence-corrected chi connectivity index (χ2v) is 4.89. The van der Waals surface area contributed by atoms with E-state index >= 15 is 0 Å². The summed E-state index contributed by atoms with van der Waals surface area (Å²) in [6.07, 6.45) is 5.13. The summed E-state index contributed by atoms with van der Waals surface area (Å²) in [5, 5.41) is 0. The smallest absolute Gasteiger partial charge is 0.336 e. The van der Waals surface area contributed by atoms with Crippen LogP contribution < -0.4 is 5.73 Å². The Morgan fingerprint density at radius 1 is 1.57 bits per heavy atom. The molecule has 0 aromatic carbocycles. The summed E-state index contributed by atoms with van der Waals surface area (Å²) < 4.78 is 5.32. The maximum Gasteiger partial charge on any atom is 0.336 e. The van der Waals surface area contributed by atoms with E-state index in [-0.39, 0.29) is 12.1 Å². The molecule has 0 spiro atoms. The van der Waals surface area contributed by atoms with E-state index in [9.17, 15) is 4.79 Å². The van der Waals surface area contributed by atoms with Crippen LogP contribution in [0, 0.1) is 11.8 Å². The summed E-state index contributed by atoms with van der Waals surface area (Å²) in [5.41, 5.74) is 6.67. The number of ether oxygens (including phenoxy) is 1. The van der Waals surface area contributed by atoms with Gasteiger partial charge < -0.3 is 10.5 Å².